The summed E-state index contributed by atoms with van der Waals surface area (Å²) >= 11 is 0. The molecule has 0 fully saturated rings. The molecule has 0 atom stereocenters. The zero-order chi connectivity index (χ0) is 14.0. The zero-order valence-corrected chi connectivity index (χ0v) is 10.8. The fraction of sp³-hybridized carbons (Fsp3) is 0.182. The SMILES string of the molecule is Nc1cccc2cc(C(=O)NCCS(N)(=O)=O)[nH]c12. The molecule has 0 aliphatic carbocycles. The number of nitrogens with two attached hydrogens (primary N) is 2. The predicted octanol–water partition coefficient (Wildman–Crippen LogP) is -0.232. The monoisotopic (exact) mass is 282 g/mol. The van der Waals surface area contributed by atoms with Crippen molar-refractivity contribution >= 4 is 32.5 Å². The predicted molar refractivity (Wildman–Crippen MR) is 73.0 cm³/mol. The Balaban J connectivity index is 2.12. The maximum absolute atomic E-state index is 11.8. The molecule has 0 saturated carbocycles. The second-order valence-corrected chi connectivity index (χ2v) is 5.85. The number of benzene rings is 1. The van der Waals surface area contributed by atoms with Gasteiger partial charge in [-0.1, -0.05) is 12.1 Å². The number of rotatable bonds is 4. The molecule has 0 aliphatic heterocycles. The van der Waals surface area contributed by atoms with Crippen molar-refractivity contribution in [1.29, 1.82) is 0 Å². The lowest BCUT2D eigenvalue weighted by Gasteiger charge is -2.01. The van der Waals surface area contributed by atoms with Crippen LogP contribution in [0.5, 0.6) is 0 Å². The van der Waals surface area contributed by atoms with Crippen molar-refractivity contribution in [2.45, 2.75) is 0 Å². The maximum atomic E-state index is 11.8. The summed E-state index contributed by atoms with van der Waals surface area (Å²) in [6.07, 6.45) is 0. The van der Waals surface area contributed by atoms with E-state index >= 15 is 0 Å². The van der Waals surface area contributed by atoms with Crippen LogP contribution in [-0.4, -0.2) is 31.6 Å². The van der Waals surface area contributed by atoms with Crippen molar-refractivity contribution in [3.63, 3.8) is 0 Å². The number of hydrogen-bond acceptors (Lipinski definition) is 4. The molecule has 1 aromatic carbocycles. The third kappa shape index (κ3) is 3.24. The minimum atomic E-state index is -3.58. The van der Waals surface area contributed by atoms with Crippen LogP contribution in [0, 0.1) is 0 Å². The number of nitrogen functional groups attached to an aromatic ring is 1. The molecule has 0 radical (unpaired) electrons. The summed E-state index contributed by atoms with van der Waals surface area (Å²) in [6.45, 7) is -0.0392. The lowest BCUT2D eigenvalue weighted by molar-refractivity contribution is 0.0952. The number of nitrogens with one attached hydrogen (secondary N) is 2. The maximum Gasteiger partial charge on any atom is 0.267 e. The highest BCUT2D eigenvalue weighted by Crippen LogP contribution is 2.20. The first-order valence-corrected chi connectivity index (χ1v) is 7.24. The number of fused-ring (bicyclic) bond motifs is 1. The molecule has 0 aliphatic rings. The first kappa shape index (κ1) is 13.4. The third-order valence-electron chi connectivity index (χ3n) is 2.61. The number of H-pyrrole nitrogens is 1. The van der Waals surface area contributed by atoms with E-state index in [1.54, 1.807) is 18.2 Å². The number of para-hydroxylation sites is 1. The Kier molecular flexibility index (Phi) is 3.45. The van der Waals surface area contributed by atoms with Crippen LogP contribution >= 0.6 is 0 Å². The summed E-state index contributed by atoms with van der Waals surface area (Å²) in [5.74, 6) is -0.708. The molecule has 102 valence electrons. The van der Waals surface area contributed by atoms with Gasteiger partial charge in [0, 0.05) is 11.9 Å². The van der Waals surface area contributed by atoms with Crippen LogP contribution in [0.4, 0.5) is 5.69 Å². The molecule has 19 heavy (non-hydrogen) atoms. The largest absolute Gasteiger partial charge is 0.397 e. The quantitative estimate of drug-likeness (QED) is 0.577. The highest BCUT2D eigenvalue weighted by atomic mass is 32.2. The van der Waals surface area contributed by atoms with Gasteiger partial charge in [0.05, 0.1) is 17.0 Å². The Morgan fingerprint density at radius 3 is 2.74 bits per heavy atom. The molecule has 2 rings (SSSR count). The molecule has 0 bridgehead atoms. The third-order valence-corrected chi connectivity index (χ3v) is 3.38. The first-order valence-electron chi connectivity index (χ1n) is 5.53. The van der Waals surface area contributed by atoms with Gasteiger partial charge in [-0.15, -0.1) is 0 Å². The Morgan fingerprint density at radius 1 is 1.37 bits per heavy atom. The van der Waals surface area contributed by atoms with Crippen molar-refractivity contribution < 1.29 is 13.2 Å². The molecule has 0 spiro atoms. The highest BCUT2D eigenvalue weighted by Gasteiger charge is 2.11. The number of primary sulfonamides is 1. The van der Waals surface area contributed by atoms with Crippen molar-refractivity contribution in [3.05, 3.63) is 30.0 Å². The van der Waals surface area contributed by atoms with E-state index < -0.39 is 15.9 Å². The highest BCUT2D eigenvalue weighted by molar-refractivity contribution is 7.89. The summed E-state index contributed by atoms with van der Waals surface area (Å²) in [4.78, 5) is 14.7. The van der Waals surface area contributed by atoms with Crippen LogP contribution in [0.2, 0.25) is 0 Å². The van der Waals surface area contributed by atoms with E-state index in [-0.39, 0.29) is 12.3 Å². The normalized spacial score (nSPS) is 11.6. The Hall–Kier alpha value is -2.06. The summed E-state index contributed by atoms with van der Waals surface area (Å²) < 4.78 is 21.5. The smallest absolute Gasteiger partial charge is 0.267 e. The fourth-order valence-corrected chi connectivity index (χ4v) is 2.09. The molecule has 0 saturated heterocycles. The topological polar surface area (TPSA) is 131 Å². The van der Waals surface area contributed by atoms with Gasteiger partial charge in [-0.05, 0) is 12.1 Å². The van der Waals surface area contributed by atoms with Gasteiger partial charge in [-0.2, -0.15) is 0 Å². The number of amides is 1. The summed E-state index contributed by atoms with van der Waals surface area (Å²) in [6, 6.07) is 6.98. The van der Waals surface area contributed by atoms with E-state index in [4.69, 9.17) is 10.9 Å². The van der Waals surface area contributed by atoms with Gasteiger partial charge >= 0.3 is 0 Å². The molecule has 2 aromatic rings. The number of anilines is 1. The Labute approximate surface area is 110 Å². The summed E-state index contributed by atoms with van der Waals surface area (Å²) in [5.41, 5.74) is 7.31. The number of hydrogen-bond donors (Lipinski definition) is 4. The van der Waals surface area contributed by atoms with Crippen molar-refractivity contribution in [2.75, 3.05) is 18.0 Å². The van der Waals surface area contributed by atoms with Crippen LogP contribution in [0.15, 0.2) is 24.3 Å². The van der Waals surface area contributed by atoms with Crippen LogP contribution < -0.4 is 16.2 Å². The lowest BCUT2D eigenvalue weighted by atomic mass is 10.2. The lowest BCUT2D eigenvalue weighted by Crippen LogP contribution is -2.31. The number of carbonyl (C=O) groups excluding carboxylic acids is 1. The fourth-order valence-electron chi connectivity index (χ4n) is 1.70. The van der Waals surface area contributed by atoms with E-state index in [1.165, 1.54) is 0 Å². The van der Waals surface area contributed by atoms with Gasteiger partial charge in [0.1, 0.15) is 5.69 Å². The molecular formula is C11H14N4O3S. The van der Waals surface area contributed by atoms with Crippen LogP contribution in [-0.2, 0) is 10.0 Å². The van der Waals surface area contributed by atoms with Gasteiger partial charge in [-0.3, -0.25) is 4.79 Å². The average Bonchev–Trinajstić information content (AvgIpc) is 2.72. The molecule has 1 heterocycles. The molecular weight excluding hydrogens is 268 g/mol. The van der Waals surface area contributed by atoms with Gasteiger partial charge in [0.15, 0.2) is 0 Å². The Bertz CT molecular complexity index is 721. The second kappa shape index (κ2) is 4.90. The van der Waals surface area contributed by atoms with E-state index in [9.17, 15) is 13.2 Å². The molecule has 1 aromatic heterocycles. The number of aromatic nitrogens is 1. The standard InChI is InChI=1S/C11H14N4O3S/c12-8-3-1-2-7-6-9(15-10(7)8)11(16)14-4-5-19(13,17)18/h1-3,6,15H,4-5,12H2,(H,14,16)(H2,13,17,18). The average molecular weight is 282 g/mol. The summed E-state index contributed by atoms with van der Waals surface area (Å²) in [5, 5.41) is 8.12. The number of aromatic amines is 1. The molecule has 6 N–H and O–H groups in total. The molecule has 0 unspecified atom stereocenters. The molecule has 8 heteroatoms. The van der Waals surface area contributed by atoms with Crippen LogP contribution in [0.1, 0.15) is 10.5 Å². The van der Waals surface area contributed by atoms with Crippen molar-refractivity contribution in [1.82, 2.24) is 10.3 Å². The zero-order valence-electron chi connectivity index (χ0n) is 10.0. The minimum Gasteiger partial charge on any atom is -0.397 e. The Morgan fingerprint density at radius 2 is 2.11 bits per heavy atom. The molecule has 7 nitrogen and oxygen atoms in total. The summed E-state index contributed by atoms with van der Waals surface area (Å²) in [7, 11) is -3.58. The number of sulfonamides is 1. The second-order valence-electron chi connectivity index (χ2n) is 4.12. The van der Waals surface area contributed by atoms with E-state index in [1.807, 2.05) is 6.07 Å². The molecule has 1 amide bonds. The minimum absolute atomic E-state index is 0.0392. The van der Waals surface area contributed by atoms with E-state index in [0.29, 0.717) is 16.9 Å². The number of carbonyl (C=O) groups is 1. The van der Waals surface area contributed by atoms with Crippen LogP contribution in [0.3, 0.4) is 0 Å². The van der Waals surface area contributed by atoms with Crippen LogP contribution in [0.25, 0.3) is 10.9 Å². The van der Waals surface area contributed by atoms with Gasteiger partial charge < -0.3 is 16.0 Å². The van der Waals surface area contributed by atoms with E-state index in [0.717, 1.165) is 5.39 Å². The van der Waals surface area contributed by atoms with Crippen molar-refractivity contribution in [2.24, 2.45) is 5.14 Å². The van der Waals surface area contributed by atoms with E-state index in [2.05, 4.69) is 10.3 Å². The van der Waals surface area contributed by atoms with Gasteiger partial charge in [-0.25, -0.2) is 13.6 Å². The van der Waals surface area contributed by atoms with Gasteiger partial charge in [0.2, 0.25) is 10.0 Å². The van der Waals surface area contributed by atoms with Gasteiger partial charge in [0.25, 0.3) is 5.91 Å². The van der Waals surface area contributed by atoms with Crippen molar-refractivity contribution in [3.8, 4) is 0 Å². The first-order chi connectivity index (χ1) is 8.87.